The van der Waals surface area contributed by atoms with E-state index < -0.39 is 0 Å². The van der Waals surface area contributed by atoms with Crippen LogP contribution in [0.25, 0.3) is 60.1 Å². The van der Waals surface area contributed by atoms with E-state index in [-0.39, 0.29) is 40.8 Å². The van der Waals surface area contributed by atoms with E-state index in [9.17, 15) is 19.8 Å². The molecule has 11 rings (SSSR count). The fourth-order valence-corrected chi connectivity index (χ4v) is 8.27. The Morgan fingerprint density at radius 3 is 2.08 bits per heavy atom. The van der Waals surface area contributed by atoms with E-state index in [1.807, 2.05) is 66.7 Å². The summed E-state index contributed by atoms with van der Waals surface area (Å²) in [5, 5.41) is 44.9. The lowest BCUT2D eigenvalue weighted by Crippen LogP contribution is -2.13. The number of phenolic OH excluding ortho intramolecular Hbond substituents is 2. The second-order valence-electron chi connectivity index (χ2n) is 14.6. The summed E-state index contributed by atoms with van der Waals surface area (Å²) in [4.78, 5) is 38.1. The molecule has 13 heteroatoms. The quantitative estimate of drug-likeness (QED) is 0.101. The maximum absolute atomic E-state index is 13.9. The average molecular weight is 818 g/mol. The van der Waals surface area contributed by atoms with Crippen LogP contribution in [0.2, 0.25) is 5.02 Å². The first-order valence-electron chi connectivity index (χ1n) is 19.2. The highest BCUT2D eigenvalue weighted by atomic mass is 35.5. The van der Waals surface area contributed by atoms with E-state index in [1.54, 1.807) is 77.2 Å². The second-order valence-corrected chi connectivity index (χ2v) is 15.1. The minimum atomic E-state index is -0.220. The Hall–Kier alpha value is -8.06. The summed E-state index contributed by atoms with van der Waals surface area (Å²) in [6.07, 6.45) is 0. The third-order valence-corrected chi connectivity index (χ3v) is 11.3. The molecule has 2 heterocycles. The Bertz CT molecular complexity index is 3610. The second kappa shape index (κ2) is 14.1. The molecule has 0 saturated carbocycles. The van der Waals surface area contributed by atoms with Crippen LogP contribution in [0.15, 0.2) is 165 Å². The minimum absolute atomic E-state index is 0.0333. The number of carbonyl (C=O) groups is 1. The summed E-state index contributed by atoms with van der Waals surface area (Å²) in [7, 11) is 0. The molecule has 0 saturated heterocycles. The average Bonchev–Trinajstić information content (AvgIpc) is 3.81. The van der Waals surface area contributed by atoms with Crippen LogP contribution in [-0.2, 0) is 11.4 Å². The van der Waals surface area contributed by atoms with Crippen molar-refractivity contribution in [3.8, 4) is 22.6 Å². The molecule has 1 aliphatic carbocycles. The van der Waals surface area contributed by atoms with E-state index in [0.717, 1.165) is 16.5 Å². The van der Waals surface area contributed by atoms with Crippen molar-refractivity contribution in [1.82, 2.24) is 9.38 Å². The third kappa shape index (κ3) is 5.92. The summed E-state index contributed by atoms with van der Waals surface area (Å²) in [6.45, 7) is 0.0333. The number of ketones is 1. The van der Waals surface area contributed by atoms with Crippen LogP contribution in [0.3, 0.4) is 0 Å². The first kappa shape index (κ1) is 36.1. The summed E-state index contributed by atoms with van der Waals surface area (Å²) in [5.74, 6) is -0.428. The Morgan fingerprint density at radius 1 is 0.639 bits per heavy atom. The molecule has 0 bridgehead atoms. The van der Waals surface area contributed by atoms with Crippen molar-refractivity contribution in [2.45, 2.75) is 6.61 Å². The number of aromatic nitrogens is 2. The molecule has 10 aromatic rings. The smallest absolute Gasteiger partial charge is 0.264 e. The van der Waals surface area contributed by atoms with Crippen LogP contribution < -0.4 is 11.0 Å². The summed E-state index contributed by atoms with van der Waals surface area (Å²) >= 11 is 5.99. The number of anilines is 1. The van der Waals surface area contributed by atoms with Gasteiger partial charge in [-0.1, -0.05) is 72.3 Å². The van der Waals surface area contributed by atoms with Crippen LogP contribution in [0.4, 0.5) is 28.4 Å². The number of phenols is 2. The molecule has 12 nitrogen and oxygen atoms in total. The number of fused-ring (bicyclic) bond motifs is 8. The van der Waals surface area contributed by atoms with Crippen LogP contribution in [0, 0.1) is 0 Å². The summed E-state index contributed by atoms with van der Waals surface area (Å²) in [6, 6.07) is 41.2. The third-order valence-electron chi connectivity index (χ3n) is 11.0. The minimum Gasteiger partial charge on any atom is -0.506 e. The molecule has 0 unspecified atom stereocenters. The van der Waals surface area contributed by atoms with Gasteiger partial charge in [-0.25, -0.2) is 4.98 Å². The van der Waals surface area contributed by atoms with Crippen LogP contribution >= 0.6 is 11.6 Å². The monoisotopic (exact) mass is 817 g/mol. The molecule has 0 spiro atoms. The first-order chi connectivity index (χ1) is 29.8. The number of benzene rings is 8. The molecule has 3 N–H and O–H groups in total. The zero-order valence-corrected chi connectivity index (χ0v) is 32.4. The van der Waals surface area contributed by atoms with Gasteiger partial charge < -0.3 is 10.2 Å². The van der Waals surface area contributed by atoms with Crippen molar-refractivity contribution >= 4 is 94.8 Å². The maximum atomic E-state index is 13.9. The van der Waals surface area contributed by atoms with Crippen molar-refractivity contribution in [1.29, 1.82) is 0 Å². The number of hydrogen-bond acceptors (Lipinski definition) is 11. The molecule has 0 aliphatic heterocycles. The molecule has 0 atom stereocenters. The molecule has 0 fully saturated rings. The van der Waals surface area contributed by atoms with Crippen LogP contribution in [-0.4, -0.2) is 25.4 Å². The topological polar surface area (TPSA) is 163 Å². The number of rotatable bonds is 8. The number of carbonyl (C=O) groups excluding carboxylic acids is 1. The molecule has 1 aliphatic rings. The number of hydrogen-bond donors (Lipinski definition) is 3. The molecule has 8 aromatic carbocycles. The number of pyridine rings is 1. The molecular weight excluding hydrogens is 790 g/mol. The van der Waals surface area contributed by atoms with E-state index in [0.29, 0.717) is 82.4 Å². The van der Waals surface area contributed by atoms with Crippen molar-refractivity contribution in [3.63, 3.8) is 0 Å². The molecule has 0 amide bonds. The predicted molar refractivity (Wildman–Crippen MR) is 236 cm³/mol. The number of halogens is 1. The number of aromatic hydroxyl groups is 2. The number of nitrogens with zero attached hydrogens (tertiary/aromatic N) is 6. The van der Waals surface area contributed by atoms with Gasteiger partial charge in [-0.05, 0) is 95.4 Å². The van der Waals surface area contributed by atoms with Gasteiger partial charge in [-0.2, -0.15) is 10.2 Å². The fraction of sp³-hybridized carbons (Fsp3) is 0.0208. The Balaban J connectivity index is 0.881. The highest BCUT2D eigenvalue weighted by Gasteiger charge is 2.28. The molecule has 2 aromatic heterocycles. The number of para-hydroxylation sites is 2. The Kier molecular flexibility index (Phi) is 8.30. The molecule has 61 heavy (non-hydrogen) atoms. The van der Waals surface area contributed by atoms with E-state index in [1.165, 1.54) is 0 Å². The number of imidazole rings is 1. The van der Waals surface area contributed by atoms with Gasteiger partial charge in [0, 0.05) is 48.6 Å². The Morgan fingerprint density at radius 2 is 1.31 bits per heavy atom. The van der Waals surface area contributed by atoms with Gasteiger partial charge in [0.1, 0.15) is 35.1 Å². The molecule has 0 radical (unpaired) electrons. The van der Waals surface area contributed by atoms with Crippen molar-refractivity contribution in [3.05, 3.63) is 172 Å². The SMILES string of the molecule is O=C1c2cc(N=Nc3c(O)c(CONc4ccc(Cl)cc4)cc4ccccc34)ccc2-c2ccc(N=Nc3c(O)cc4c5c3cccc5c(=O)n3c5ccccc5nc43)cc21. The maximum Gasteiger partial charge on any atom is 0.264 e. The zero-order chi connectivity index (χ0) is 41.4. The van der Waals surface area contributed by atoms with Gasteiger partial charge in [0.15, 0.2) is 5.78 Å². The largest absolute Gasteiger partial charge is 0.506 e. The Labute approximate surface area is 349 Å². The normalized spacial score (nSPS) is 12.6. The lowest BCUT2D eigenvalue weighted by Gasteiger charge is -2.12. The summed E-state index contributed by atoms with van der Waals surface area (Å²) < 4.78 is 1.57. The molecule has 292 valence electrons. The van der Waals surface area contributed by atoms with Crippen molar-refractivity contribution in [2.24, 2.45) is 20.5 Å². The number of nitrogens with one attached hydrogen (secondary N) is 1. The fourth-order valence-electron chi connectivity index (χ4n) is 8.14. The molecular formula is C48H28ClN7O5. The van der Waals surface area contributed by atoms with Gasteiger partial charge in [0.05, 0.1) is 28.1 Å². The predicted octanol–water partition coefficient (Wildman–Crippen LogP) is 12.4. The first-order valence-corrected chi connectivity index (χ1v) is 19.5. The number of azo groups is 2. The van der Waals surface area contributed by atoms with Crippen molar-refractivity contribution in [2.75, 3.05) is 5.48 Å². The highest BCUT2D eigenvalue weighted by Crippen LogP contribution is 2.45. The van der Waals surface area contributed by atoms with Gasteiger partial charge in [-0.3, -0.25) is 24.3 Å². The van der Waals surface area contributed by atoms with Gasteiger partial charge in [0.25, 0.3) is 5.56 Å². The van der Waals surface area contributed by atoms with E-state index in [4.69, 9.17) is 21.4 Å². The lowest BCUT2D eigenvalue weighted by molar-refractivity contribution is 0.104. The zero-order valence-electron chi connectivity index (χ0n) is 31.7. The summed E-state index contributed by atoms with van der Waals surface area (Å²) in [5.41, 5.74) is 9.26. The van der Waals surface area contributed by atoms with Gasteiger partial charge in [-0.15, -0.1) is 10.2 Å². The van der Waals surface area contributed by atoms with Gasteiger partial charge in [0.2, 0.25) is 0 Å². The van der Waals surface area contributed by atoms with Crippen molar-refractivity contribution < 1.29 is 19.8 Å². The standard InChI is InChI=1S/C48H28ClN7O5/c49-27-12-14-28(15-13-27)55-61-24-26-20-25-6-1-2-7-31(25)44(45(26)58)54-52-30-17-19-33-32-18-16-29(21-36(32)46(59)37(33)22-30)51-53-43-34-8-5-9-35-42(34)38(23-41(43)57)47-50-39-10-3-4-11-40(39)56(47)48(35)60/h1-23,55,57-58H,24H2. The lowest BCUT2D eigenvalue weighted by atomic mass is 10.0. The van der Waals surface area contributed by atoms with Crippen LogP contribution in [0.1, 0.15) is 21.5 Å². The van der Waals surface area contributed by atoms with Crippen LogP contribution in [0.5, 0.6) is 11.5 Å². The van der Waals surface area contributed by atoms with E-state index >= 15 is 0 Å². The van der Waals surface area contributed by atoms with Gasteiger partial charge >= 0.3 is 0 Å². The van der Waals surface area contributed by atoms with E-state index in [2.05, 4.69) is 25.9 Å². The highest BCUT2D eigenvalue weighted by molar-refractivity contribution is 6.30.